The van der Waals surface area contributed by atoms with E-state index >= 15 is 0 Å². The van der Waals surface area contributed by atoms with Gasteiger partial charge in [0.15, 0.2) is 5.65 Å². The Hall–Kier alpha value is -3.26. The fourth-order valence-corrected chi connectivity index (χ4v) is 5.48. The standard InChI is InChI=1S/C28H34FN5O2/c1-18(2)20-10-12-23(29)22(16-20)25-8-3-4-14-33(25)26-13-15-34-27(32-26)24(17-30-34)31-28(36)19-6-5-7-21(35)11-9-19/h10,12-13,15-17,19,21,25,35H,1,3-9,11,14H2,2H3,(H,31,36)/t19?,21-,25-/m1/s1. The first-order valence-electron chi connectivity index (χ1n) is 13.0. The van der Waals surface area contributed by atoms with Crippen LogP contribution in [0.1, 0.15) is 75.5 Å². The summed E-state index contributed by atoms with van der Waals surface area (Å²) in [6.45, 7) is 6.71. The van der Waals surface area contributed by atoms with Gasteiger partial charge in [-0.15, -0.1) is 0 Å². The predicted molar refractivity (Wildman–Crippen MR) is 139 cm³/mol. The number of nitrogens with one attached hydrogen (secondary N) is 1. The lowest BCUT2D eigenvalue weighted by atomic mass is 9.92. The molecule has 0 spiro atoms. The third kappa shape index (κ3) is 5.00. The van der Waals surface area contributed by atoms with Crippen molar-refractivity contribution >= 4 is 28.6 Å². The smallest absolute Gasteiger partial charge is 0.227 e. The first kappa shape index (κ1) is 24.4. The molecule has 1 aliphatic carbocycles. The number of piperidine rings is 1. The molecule has 1 unspecified atom stereocenters. The molecule has 1 saturated heterocycles. The Kier molecular flexibility index (Phi) is 7.05. The maximum atomic E-state index is 15.0. The quantitative estimate of drug-likeness (QED) is 0.460. The van der Waals surface area contributed by atoms with Gasteiger partial charge in [-0.25, -0.2) is 13.9 Å². The molecule has 190 valence electrons. The van der Waals surface area contributed by atoms with Crippen molar-refractivity contribution in [2.45, 2.75) is 70.4 Å². The number of rotatable bonds is 5. The number of carbonyl (C=O) groups is 1. The molecule has 8 heteroatoms. The minimum atomic E-state index is -0.317. The first-order chi connectivity index (χ1) is 17.4. The highest BCUT2D eigenvalue weighted by atomic mass is 19.1. The average molecular weight is 492 g/mol. The summed E-state index contributed by atoms with van der Waals surface area (Å²) in [5.41, 5.74) is 3.63. The molecule has 3 aromatic rings. The van der Waals surface area contributed by atoms with Crippen molar-refractivity contribution in [2.24, 2.45) is 5.92 Å². The van der Waals surface area contributed by atoms with Crippen LogP contribution in [0.4, 0.5) is 15.9 Å². The minimum Gasteiger partial charge on any atom is -0.393 e. The fourth-order valence-electron chi connectivity index (χ4n) is 5.48. The number of hydrogen-bond donors (Lipinski definition) is 2. The van der Waals surface area contributed by atoms with Crippen molar-refractivity contribution in [2.75, 3.05) is 16.8 Å². The van der Waals surface area contributed by atoms with Crippen LogP contribution in [0.3, 0.4) is 0 Å². The second-order valence-corrected chi connectivity index (χ2v) is 10.2. The Balaban J connectivity index is 1.43. The van der Waals surface area contributed by atoms with Crippen LogP contribution in [0.2, 0.25) is 0 Å². The van der Waals surface area contributed by atoms with Gasteiger partial charge in [0.05, 0.1) is 18.3 Å². The number of carbonyl (C=O) groups excluding carboxylic acids is 1. The third-order valence-electron chi connectivity index (χ3n) is 7.57. The highest BCUT2D eigenvalue weighted by Gasteiger charge is 2.29. The monoisotopic (exact) mass is 491 g/mol. The molecule has 2 N–H and O–H groups in total. The zero-order valence-electron chi connectivity index (χ0n) is 20.8. The fraction of sp³-hybridized carbons (Fsp3) is 0.464. The largest absolute Gasteiger partial charge is 0.393 e. The van der Waals surface area contributed by atoms with Crippen LogP contribution in [-0.2, 0) is 4.79 Å². The Bertz CT molecular complexity index is 1270. The molecule has 7 nitrogen and oxygen atoms in total. The Labute approximate surface area is 211 Å². The zero-order chi connectivity index (χ0) is 25.2. The maximum absolute atomic E-state index is 15.0. The average Bonchev–Trinajstić information content (AvgIpc) is 3.14. The first-order valence-corrected chi connectivity index (χ1v) is 13.0. The van der Waals surface area contributed by atoms with Gasteiger partial charge in [0.1, 0.15) is 17.3 Å². The van der Waals surface area contributed by atoms with Crippen LogP contribution in [0.5, 0.6) is 0 Å². The number of benzene rings is 1. The van der Waals surface area contributed by atoms with Crippen molar-refractivity contribution in [3.8, 4) is 0 Å². The molecule has 36 heavy (non-hydrogen) atoms. The van der Waals surface area contributed by atoms with Crippen molar-refractivity contribution < 1.29 is 14.3 Å². The molecule has 0 bridgehead atoms. The zero-order valence-corrected chi connectivity index (χ0v) is 20.8. The van der Waals surface area contributed by atoms with E-state index in [1.54, 1.807) is 16.8 Å². The topological polar surface area (TPSA) is 82.8 Å². The molecule has 1 saturated carbocycles. The van der Waals surface area contributed by atoms with Crippen molar-refractivity contribution in [3.05, 3.63) is 60.2 Å². The molecule has 2 fully saturated rings. The second-order valence-electron chi connectivity index (χ2n) is 10.2. The summed E-state index contributed by atoms with van der Waals surface area (Å²) < 4.78 is 16.6. The molecule has 1 aromatic carbocycles. The normalized spacial score (nSPS) is 22.9. The Morgan fingerprint density at radius 1 is 1.14 bits per heavy atom. The van der Waals surface area contributed by atoms with Crippen LogP contribution >= 0.6 is 0 Å². The Morgan fingerprint density at radius 3 is 2.83 bits per heavy atom. The maximum Gasteiger partial charge on any atom is 0.227 e. The highest BCUT2D eigenvalue weighted by Crippen LogP contribution is 2.37. The lowest BCUT2D eigenvalue weighted by molar-refractivity contribution is -0.120. The number of fused-ring (bicyclic) bond motifs is 1. The molecule has 5 rings (SSSR count). The second kappa shape index (κ2) is 10.4. The number of hydrogen-bond acceptors (Lipinski definition) is 5. The van der Waals surface area contributed by atoms with Crippen LogP contribution in [0, 0.1) is 11.7 Å². The van der Waals surface area contributed by atoms with Gasteiger partial charge in [0.2, 0.25) is 5.91 Å². The summed E-state index contributed by atoms with van der Waals surface area (Å²) in [6.07, 6.45) is 9.68. The summed E-state index contributed by atoms with van der Waals surface area (Å²) in [5, 5.41) is 17.3. The Morgan fingerprint density at radius 2 is 2.00 bits per heavy atom. The van der Waals surface area contributed by atoms with Gasteiger partial charge in [-0.2, -0.15) is 5.10 Å². The summed E-state index contributed by atoms with van der Waals surface area (Å²) in [4.78, 5) is 20.0. The highest BCUT2D eigenvalue weighted by molar-refractivity contribution is 5.95. The van der Waals surface area contributed by atoms with Crippen molar-refractivity contribution in [3.63, 3.8) is 0 Å². The van der Waals surface area contributed by atoms with E-state index in [1.807, 2.05) is 25.3 Å². The van der Waals surface area contributed by atoms with E-state index in [1.165, 1.54) is 6.07 Å². The molecule has 3 heterocycles. The molecular weight excluding hydrogens is 457 g/mol. The van der Waals surface area contributed by atoms with E-state index in [9.17, 15) is 14.3 Å². The molecule has 2 aliphatic rings. The van der Waals surface area contributed by atoms with Gasteiger partial charge in [0.25, 0.3) is 0 Å². The third-order valence-corrected chi connectivity index (χ3v) is 7.57. The SMILES string of the molecule is C=C(C)c1ccc(F)c([C@H]2CCCCN2c2ccn3ncc(NC(=O)C4CCC[C@@H](O)CC4)c3n2)c1. The molecule has 2 aromatic heterocycles. The number of amides is 1. The van der Waals surface area contributed by atoms with Gasteiger partial charge in [-0.3, -0.25) is 4.79 Å². The van der Waals surface area contributed by atoms with Crippen molar-refractivity contribution in [1.82, 2.24) is 14.6 Å². The van der Waals surface area contributed by atoms with Crippen LogP contribution in [0.15, 0.2) is 43.2 Å². The summed E-state index contributed by atoms with van der Waals surface area (Å²) in [5.74, 6) is 0.334. The number of nitrogens with zero attached hydrogens (tertiary/aromatic N) is 4. The number of aliphatic hydroxyl groups excluding tert-OH is 1. The number of allylic oxidation sites excluding steroid dienone is 1. The number of halogens is 1. The van der Waals surface area contributed by atoms with Gasteiger partial charge < -0.3 is 15.3 Å². The number of aromatic nitrogens is 3. The number of anilines is 2. The van der Waals surface area contributed by atoms with Gasteiger partial charge >= 0.3 is 0 Å². The van der Waals surface area contributed by atoms with E-state index in [0.717, 1.165) is 62.0 Å². The van der Waals surface area contributed by atoms with Gasteiger partial charge in [-0.1, -0.05) is 24.6 Å². The molecular formula is C28H34FN5O2. The summed E-state index contributed by atoms with van der Waals surface area (Å²) in [7, 11) is 0. The van der Waals surface area contributed by atoms with E-state index in [-0.39, 0.29) is 29.8 Å². The van der Waals surface area contributed by atoms with Crippen LogP contribution in [0.25, 0.3) is 11.2 Å². The van der Waals surface area contributed by atoms with E-state index < -0.39 is 0 Å². The molecule has 0 radical (unpaired) electrons. The summed E-state index contributed by atoms with van der Waals surface area (Å²) in [6, 6.07) is 6.98. The minimum absolute atomic E-state index is 0.0549. The number of aliphatic hydroxyl groups is 1. The molecule has 3 atom stereocenters. The van der Waals surface area contributed by atoms with E-state index in [0.29, 0.717) is 29.7 Å². The van der Waals surface area contributed by atoms with E-state index in [2.05, 4.69) is 21.9 Å². The summed E-state index contributed by atoms with van der Waals surface area (Å²) >= 11 is 0. The van der Waals surface area contributed by atoms with E-state index in [4.69, 9.17) is 4.98 Å². The molecule has 1 aliphatic heterocycles. The predicted octanol–water partition coefficient (Wildman–Crippen LogP) is 5.51. The van der Waals surface area contributed by atoms with Crippen molar-refractivity contribution in [1.29, 1.82) is 0 Å². The lowest BCUT2D eigenvalue weighted by Gasteiger charge is -2.37. The van der Waals surface area contributed by atoms with Crippen LogP contribution in [-0.4, -0.2) is 38.3 Å². The molecule has 1 amide bonds. The lowest BCUT2D eigenvalue weighted by Crippen LogP contribution is -2.34. The van der Waals surface area contributed by atoms with Crippen LogP contribution < -0.4 is 10.2 Å². The van der Waals surface area contributed by atoms with Gasteiger partial charge in [0, 0.05) is 24.2 Å². The van der Waals surface area contributed by atoms with Gasteiger partial charge in [-0.05, 0) is 75.6 Å².